The molecule has 0 aliphatic rings. The Morgan fingerprint density at radius 1 is 0.943 bits per heavy atom. The highest BCUT2D eigenvalue weighted by molar-refractivity contribution is 9.10. The summed E-state index contributed by atoms with van der Waals surface area (Å²) in [7, 11) is 1.32. The molecule has 0 aliphatic carbocycles. The topological polar surface area (TPSA) is 42.8 Å². The maximum atomic E-state index is 14.0. The molecular formula is C22H13BrF8N2O2. The summed E-state index contributed by atoms with van der Waals surface area (Å²) in [5.74, 6) is -9.78. The number of hydrogen-bond acceptors (Lipinski definition) is 4. The van der Waals surface area contributed by atoms with Gasteiger partial charge in [-0.3, -0.25) is 5.43 Å². The third-order valence-electron chi connectivity index (χ3n) is 4.49. The molecule has 0 bridgehead atoms. The summed E-state index contributed by atoms with van der Waals surface area (Å²) in [6.07, 6.45) is -4.69. The van der Waals surface area contributed by atoms with Crippen molar-refractivity contribution in [1.82, 2.24) is 0 Å². The first-order valence-corrected chi connectivity index (χ1v) is 10.2. The van der Waals surface area contributed by atoms with Crippen LogP contribution in [-0.4, -0.2) is 13.3 Å². The van der Waals surface area contributed by atoms with E-state index in [2.05, 4.69) is 21.0 Å². The minimum atomic E-state index is -5.65. The fourth-order valence-corrected chi connectivity index (χ4v) is 3.41. The smallest absolute Gasteiger partial charge is 0.422 e. The first kappa shape index (κ1) is 26.3. The van der Waals surface area contributed by atoms with E-state index >= 15 is 0 Å². The second-order valence-corrected chi connectivity index (χ2v) is 7.68. The van der Waals surface area contributed by atoms with Gasteiger partial charge in [0.1, 0.15) is 23.7 Å². The van der Waals surface area contributed by atoms with Crippen LogP contribution in [0.1, 0.15) is 16.7 Å². The van der Waals surface area contributed by atoms with Gasteiger partial charge in [0.15, 0.2) is 34.8 Å². The fourth-order valence-electron chi connectivity index (χ4n) is 2.84. The average molecular weight is 569 g/mol. The van der Waals surface area contributed by atoms with E-state index in [9.17, 15) is 35.1 Å². The molecule has 0 spiro atoms. The summed E-state index contributed by atoms with van der Waals surface area (Å²) in [5, 5.41) is 3.43. The standard InChI is InChI=1S/C22H13BrF8N2O2/c1-34-14-7-11(6-13(23)21(14)35-9-10-2-4-12(24)5-3-10)8-32-33-20-18(27)16(25)15(22(29,30)31)17(26)19(20)28/h2-8,33H,9H2,1H3/b32-8-. The van der Waals surface area contributed by atoms with Crippen LogP contribution in [0.25, 0.3) is 0 Å². The molecule has 0 heterocycles. The fraction of sp³-hybridized carbons (Fsp3) is 0.136. The lowest BCUT2D eigenvalue weighted by Crippen LogP contribution is -2.16. The van der Waals surface area contributed by atoms with Gasteiger partial charge in [-0.1, -0.05) is 12.1 Å². The van der Waals surface area contributed by atoms with E-state index in [0.29, 0.717) is 10.0 Å². The van der Waals surface area contributed by atoms with E-state index in [0.717, 1.165) is 6.21 Å². The van der Waals surface area contributed by atoms with Gasteiger partial charge in [0, 0.05) is 0 Å². The van der Waals surface area contributed by atoms with E-state index in [1.54, 1.807) is 5.43 Å². The Bertz CT molecular complexity index is 1240. The van der Waals surface area contributed by atoms with Crippen molar-refractivity contribution in [3.63, 3.8) is 0 Å². The molecule has 0 fully saturated rings. The SMILES string of the molecule is COc1cc(/C=N\Nc2c(F)c(F)c(C(F)(F)F)c(F)c2F)cc(Br)c1OCc1ccc(F)cc1. The Kier molecular flexibility index (Phi) is 7.88. The third kappa shape index (κ3) is 5.84. The summed E-state index contributed by atoms with van der Waals surface area (Å²) in [6, 6.07) is 8.39. The van der Waals surface area contributed by atoms with Gasteiger partial charge < -0.3 is 9.47 Å². The van der Waals surface area contributed by atoms with E-state index in [-0.39, 0.29) is 23.7 Å². The van der Waals surface area contributed by atoms with Gasteiger partial charge in [-0.15, -0.1) is 0 Å². The molecule has 0 amide bonds. The van der Waals surface area contributed by atoms with Crippen molar-refractivity contribution in [3.05, 3.63) is 86.6 Å². The number of nitrogens with zero attached hydrogens (tertiary/aromatic N) is 1. The van der Waals surface area contributed by atoms with Crippen molar-refractivity contribution in [2.45, 2.75) is 12.8 Å². The summed E-state index contributed by atoms with van der Waals surface area (Å²) in [5.41, 5.74) is -1.67. The first-order valence-electron chi connectivity index (χ1n) is 9.41. The van der Waals surface area contributed by atoms with E-state index < -0.39 is 46.5 Å². The Balaban J connectivity index is 1.82. The van der Waals surface area contributed by atoms with Crippen LogP contribution in [-0.2, 0) is 12.8 Å². The Hall–Kier alpha value is -3.35. The van der Waals surface area contributed by atoms with Crippen molar-refractivity contribution in [1.29, 1.82) is 0 Å². The van der Waals surface area contributed by atoms with Gasteiger partial charge in [0.2, 0.25) is 0 Å². The molecule has 0 aromatic heterocycles. The van der Waals surface area contributed by atoms with Gasteiger partial charge in [-0.2, -0.15) is 18.3 Å². The molecule has 186 valence electrons. The Morgan fingerprint density at radius 2 is 1.54 bits per heavy atom. The van der Waals surface area contributed by atoms with Crippen LogP contribution in [0.15, 0.2) is 46.0 Å². The summed E-state index contributed by atoms with van der Waals surface area (Å²) < 4.78 is 118. The second kappa shape index (κ2) is 10.5. The van der Waals surface area contributed by atoms with E-state index in [4.69, 9.17) is 9.47 Å². The average Bonchev–Trinajstić information content (AvgIpc) is 2.79. The molecule has 0 aliphatic heterocycles. The number of nitrogens with one attached hydrogen (secondary N) is 1. The van der Waals surface area contributed by atoms with Crippen LogP contribution in [0.3, 0.4) is 0 Å². The maximum Gasteiger partial charge on any atom is 0.422 e. The summed E-state index contributed by atoms with van der Waals surface area (Å²) in [4.78, 5) is 0. The number of rotatable bonds is 7. The highest BCUT2D eigenvalue weighted by atomic mass is 79.9. The van der Waals surface area contributed by atoms with Gasteiger partial charge in [-0.25, -0.2) is 22.0 Å². The molecule has 4 nitrogen and oxygen atoms in total. The summed E-state index contributed by atoms with van der Waals surface area (Å²) in [6.45, 7) is 0.0633. The first-order chi connectivity index (χ1) is 16.4. The number of hydrogen-bond donors (Lipinski definition) is 1. The van der Waals surface area contributed by atoms with Crippen LogP contribution in [0, 0.1) is 29.1 Å². The molecule has 0 atom stereocenters. The van der Waals surface area contributed by atoms with Crippen LogP contribution in [0.4, 0.5) is 40.8 Å². The lowest BCUT2D eigenvalue weighted by atomic mass is 10.1. The van der Waals surface area contributed by atoms with Gasteiger partial charge in [0.25, 0.3) is 0 Å². The highest BCUT2D eigenvalue weighted by Gasteiger charge is 2.42. The zero-order chi connectivity index (χ0) is 25.9. The molecule has 0 radical (unpaired) electrons. The Labute approximate surface area is 201 Å². The molecule has 3 aromatic carbocycles. The largest absolute Gasteiger partial charge is 0.493 e. The predicted octanol–water partition coefficient (Wildman–Crippen LogP) is 7.20. The molecule has 0 saturated carbocycles. The number of benzene rings is 3. The number of methoxy groups -OCH3 is 1. The van der Waals surface area contributed by atoms with Crippen molar-refractivity contribution in [2.75, 3.05) is 12.5 Å². The number of halogens is 9. The minimum Gasteiger partial charge on any atom is -0.493 e. The zero-order valence-electron chi connectivity index (χ0n) is 17.4. The van der Waals surface area contributed by atoms with Crippen molar-refractivity contribution in [3.8, 4) is 11.5 Å². The van der Waals surface area contributed by atoms with E-state index in [1.807, 2.05) is 0 Å². The maximum absolute atomic E-state index is 14.0. The van der Waals surface area contributed by atoms with Crippen LogP contribution < -0.4 is 14.9 Å². The molecule has 3 rings (SSSR count). The van der Waals surface area contributed by atoms with Crippen LogP contribution in [0.2, 0.25) is 0 Å². The molecule has 0 saturated heterocycles. The molecule has 3 aromatic rings. The van der Waals surface area contributed by atoms with Gasteiger partial charge in [-0.05, 0) is 51.3 Å². The molecule has 35 heavy (non-hydrogen) atoms. The molecule has 0 unspecified atom stereocenters. The molecular weight excluding hydrogens is 556 g/mol. The minimum absolute atomic E-state index is 0.0633. The number of anilines is 1. The third-order valence-corrected chi connectivity index (χ3v) is 5.07. The Morgan fingerprint density at radius 3 is 2.09 bits per heavy atom. The van der Waals surface area contributed by atoms with Crippen molar-refractivity contribution >= 4 is 27.8 Å². The lowest BCUT2D eigenvalue weighted by molar-refractivity contribution is -0.143. The van der Waals surface area contributed by atoms with Gasteiger partial charge >= 0.3 is 6.18 Å². The van der Waals surface area contributed by atoms with E-state index in [1.165, 1.54) is 43.5 Å². The number of hydrazone groups is 1. The van der Waals surface area contributed by atoms with Crippen LogP contribution >= 0.6 is 15.9 Å². The molecule has 1 N–H and O–H groups in total. The van der Waals surface area contributed by atoms with Crippen LogP contribution in [0.5, 0.6) is 11.5 Å². The number of alkyl halides is 3. The summed E-state index contributed by atoms with van der Waals surface area (Å²) >= 11 is 3.26. The lowest BCUT2D eigenvalue weighted by Gasteiger charge is -2.14. The predicted molar refractivity (Wildman–Crippen MR) is 114 cm³/mol. The van der Waals surface area contributed by atoms with Gasteiger partial charge in [0.05, 0.1) is 17.8 Å². The normalized spacial score (nSPS) is 11.7. The zero-order valence-corrected chi connectivity index (χ0v) is 19.0. The van der Waals surface area contributed by atoms with Crippen molar-refractivity contribution in [2.24, 2.45) is 5.10 Å². The van der Waals surface area contributed by atoms with Crippen molar-refractivity contribution < 1.29 is 44.6 Å². The highest BCUT2D eigenvalue weighted by Crippen LogP contribution is 2.39. The second-order valence-electron chi connectivity index (χ2n) is 6.82. The molecule has 13 heteroatoms. The number of ether oxygens (including phenoxy) is 2. The monoisotopic (exact) mass is 568 g/mol. The quantitative estimate of drug-likeness (QED) is 0.142.